The molecule has 10 heavy (non-hydrogen) atoms. The number of rotatable bonds is 5. The van der Waals surface area contributed by atoms with Crippen molar-refractivity contribution < 1.29 is 9.90 Å². The average Bonchev–Trinajstić information content (AvgIpc) is 1.90. The molecule has 0 radical (unpaired) electrons. The van der Waals surface area contributed by atoms with Crippen molar-refractivity contribution in [3.05, 3.63) is 12.7 Å². The van der Waals surface area contributed by atoms with Crippen LogP contribution in [0.2, 0.25) is 0 Å². The van der Waals surface area contributed by atoms with Gasteiger partial charge in [-0.05, 0) is 13.5 Å². The lowest BCUT2D eigenvalue weighted by Crippen LogP contribution is -2.23. The highest BCUT2D eigenvalue weighted by Gasteiger charge is 2.02. The second-order valence-corrected chi connectivity index (χ2v) is 2.06. The largest absolute Gasteiger partial charge is 0.481 e. The monoisotopic (exact) mass is 143 g/mol. The van der Waals surface area contributed by atoms with Crippen LogP contribution >= 0.6 is 0 Å². The van der Waals surface area contributed by atoms with E-state index >= 15 is 0 Å². The number of carboxylic acid groups (broad SMARTS) is 1. The fraction of sp³-hybridized carbons (Fsp3) is 0.571. The molecule has 1 unspecified atom stereocenters. The van der Waals surface area contributed by atoms with Crippen LogP contribution in [0.3, 0.4) is 0 Å². The summed E-state index contributed by atoms with van der Waals surface area (Å²) >= 11 is 0. The van der Waals surface area contributed by atoms with Gasteiger partial charge >= 0.3 is 5.97 Å². The van der Waals surface area contributed by atoms with Crippen LogP contribution in [0.1, 0.15) is 12.8 Å². The van der Waals surface area contributed by atoms with E-state index in [4.69, 9.17) is 5.11 Å². The van der Waals surface area contributed by atoms with Crippen molar-refractivity contribution in [1.29, 1.82) is 0 Å². The Kier molecular flexibility index (Phi) is 4.58. The summed E-state index contributed by atoms with van der Waals surface area (Å²) in [5.41, 5.74) is 0. The van der Waals surface area contributed by atoms with Crippen LogP contribution in [-0.4, -0.2) is 24.2 Å². The molecule has 0 aliphatic carbocycles. The second-order valence-electron chi connectivity index (χ2n) is 2.06. The van der Waals surface area contributed by atoms with Crippen molar-refractivity contribution in [3.8, 4) is 0 Å². The van der Waals surface area contributed by atoms with Crippen LogP contribution in [0, 0.1) is 0 Å². The van der Waals surface area contributed by atoms with E-state index in [1.54, 1.807) is 13.1 Å². The molecule has 2 N–H and O–H groups in total. The molecule has 0 rings (SSSR count). The maximum Gasteiger partial charge on any atom is 0.303 e. The highest BCUT2D eigenvalue weighted by atomic mass is 16.4. The Hall–Kier alpha value is -0.830. The van der Waals surface area contributed by atoms with E-state index in [0.717, 1.165) is 0 Å². The minimum atomic E-state index is -0.762. The van der Waals surface area contributed by atoms with Crippen molar-refractivity contribution in [2.24, 2.45) is 0 Å². The third-order valence-electron chi connectivity index (χ3n) is 1.32. The van der Waals surface area contributed by atoms with Crippen molar-refractivity contribution in [1.82, 2.24) is 5.32 Å². The molecule has 0 aromatic rings. The molecule has 58 valence electrons. The van der Waals surface area contributed by atoms with Crippen molar-refractivity contribution >= 4 is 5.97 Å². The standard InChI is InChI=1S/C7H13NO2/c1-3-6(8-2)4-5-7(9)10/h3,6,8H,1,4-5H2,2H3,(H,9,10). The molecule has 0 aromatic carbocycles. The topological polar surface area (TPSA) is 49.3 Å². The Morgan fingerprint density at radius 3 is 2.80 bits per heavy atom. The summed E-state index contributed by atoms with van der Waals surface area (Å²) in [5.74, 6) is -0.762. The number of hydrogen-bond donors (Lipinski definition) is 2. The van der Waals surface area contributed by atoms with Crippen molar-refractivity contribution in [2.45, 2.75) is 18.9 Å². The van der Waals surface area contributed by atoms with E-state index < -0.39 is 5.97 Å². The molecule has 0 aromatic heterocycles. The van der Waals surface area contributed by atoms with Gasteiger partial charge in [0, 0.05) is 12.5 Å². The Bertz CT molecular complexity index is 123. The molecule has 3 nitrogen and oxygen atoms in total. The molecular formula is C7H13NO2. The van der Waals surface area contributed by atoms with Crippen LogP contribution in [-0.2, 0) is 4.79 Å². The average molecular weight is 143 g/mol. The van der Waals surface area contributed by atoms with Gasteiger partial charge in [-0.3, -0.25) is 4.79 Å². The van der Waals surface area contributed by atoms with Crippen LogP contribution < -0.4 is 5.32 Å². The number of nitrogens with one attached hydrogen (secondary N) is 1. The predicted octanol–water partition coefficient (Wildman–Crippen LogP) is 0.625. The Morgan fingerprint density at radius 1 is 1.90 bits per heavy atom. The third-order valence-corrected chi connectivity index (χ3v) is 1.32. The zero-order chi connectivity index (χ0) is 7.98. The summed E-state index contributed by atoms with van der Waals surface area (Å²) in [7, 11) is 1.79. The number of hydrogen-bond acceptors (Lipinski definition) is 2. The minimum Gasteiger partial charge on any atom is -0.481 e. The van der Waals surface area contributed by atoms with Gasteiger partial charge in [0.2, 0.25) is 0 Å². The first-order valence-electron chi connectivity index (χ1n) is 3.22. The van der Waals surface area contributed by atoms with Crippen LogP contribution in [0.15, 0.2) is 12.7 Å². The fourth-order valence-electron chi connectivity index (χ4n) is 0.659. The first-order chi connectivity index (χ1) is 4.70. The lowest BCUT2D eigenvalue weighted by atomic mass is 10.1. The van der Waals surface area contributed by atoms with E-state index in [0.29, 0.717) is 6.42 Å². The van der Waals surface area contributed by atoms with Gasteiger partial charge in [0.1, 0.15) is 0 Å². The number of likely N-dealkylation sites (N-methyl/N-ethyl adjacent to an activating group) is 1. The molecule has 0 saturated heterocycles. The van der Waals surface area contributed by atoms with Gasteiger partial charge in [-0.2, -0.15) is 0 Å². The van der Waals surface area contributed by atoms with Crippen LogP contribution in [0.25, 0.3) is 0 Å². The molecule has 3 heteroatoms. The number of carbonyl (C=O) groups is 1. The predicted molar refractivity (Wildman–Crippen MR) is 39.9 cm³/mol. The molecule has 0 amide bonds. The van der Waals surface area contributed by atoms with Crippen molar-refractivity contribution in [2.75, 3.05) is 7.05 Å². The molecule has 0 bridgehead atoms. The Balaban J connectivity index is 3.44. The summed E-state index contributed by atoms with van der Waals surface area (Å²) in [6, 6.07) is 0.121. The van der Waals surface area contributed by atoms with Gasteiger partial charge in [0.15, 0.2) is 0 Å². The third kappa shape index (κ3) is 4.09. The minimum absolute atomic E-state index is 0.121. The first-order valence-corrected chi connectivity index (χ1v) is 3.22. The first kappa shape index (κ1) is 9.17. The smallest absolute Gasteiger partial charge is 0.303 e. The number of carboxylic acids is 1. The SMILES string of the molecule is C=CC(CCC(=O)O)NC. The molecule has 0 aliphatic rings. The fourth-order valence-corrected chi connectivity index (χ4v) is 0.659. The molecule has 1 atom stereocenters. The Morgan fingerprint density at radius 2 is 2.50 bits per heavy atom. The Labute approximate surface area is 60.7 Å². The lowest BCUT2D eigenvalue weighted by Gasteiger charge is -2.07. The van der Waals surface area contributed by atoms with Gasteiger partial charge < -0.3 is 10.4 Å². The maximum atomic E-state index is 10.1. The molecule has 0 spiro atoms. The van der Waals surface area contributed by atoms with E-state index in [9.17, 15) is 4.79 Å². The summed E-state index contributed by atoms with van der Waals surface area (Å²) in [6.45, 7) is 3.55. The van der Waals surface area contributed by atoms with Gasteiger partial charge in [0.25, 0.3) is 0 Å². The molecule has 0 saturated carbocycles. The van der Waals surface area contributed by atoms with Crippen LogP contribution in [0.5, 0.6) is 0 Å². The van der Waals surface area contributed by atoms with E-state index in [2.05, 4.69) is 11.9 Å². The quantitative estimate of drug-likeness (QED) is 0.555. The normalized spacial score (nSPS) is 12.5. The summed E-state index contributed by atoms with van der Waals surface area (Å²) in [5, 5.41) is 11.2. The molecule has 0 aliphatic heterocycles. The zero-order valence-corrected chi connectivity index (χ0v) is 6.13. The summed E-state index contributed by atoms with van der Waals surface area (Å²) in [4.78, 5) is 10.1. The summed E-state index contributed by atoms with van der Waals surface area (Å²) in [6.07, 6.45) is 2.51. The van der Waals surface area contributed by atoms with E-state index in [-0.39, 0.29) is 12.5 Å². The molecular weight excluding hydrogens is 130 g/mol. The number of aliphatic carboxylic acids is 1. The van der Waals surface area contributed by atoms with Gasteiger partial charge in [-0.1, -0.05) is 6.08 Å². The van der Waals surface area contributed by atoms with Gasteiger partial charge in [-0.15, -0.1) is 6.58 Å². The summed E-state index contributed by atoms with van der Waals surface area (Å²) < 4.78 is 0. The van der Waals surface area contributed by atoms with Gasteiger partial charge in [0.05, 0.1) is 0 Å². The van der Waals surface area contributed by atoms with Gasteiger partial charge in [-0.25, -0.2) is 0 Å². The maximum absolute atomic E-state index is 10.1. The van der Waals surface area contributed by atoms with Crippen molar-refractivity contribution in [3.63, 3.8) is 0 Å². The van der Waals surface area contributed by atoms with E-state index in [1.807, 2.05) is 0 Å². The lowest BCUT2D eigenvalue weighted by molar-refractivity contribution is -0.137. The highest BCUT2D eigenvalue weighted by Crippen LogP contribution is 1.96. The molecule has 0 heterocycles. The highest BCUT2D eigenvalue weighted by molar-refractivity contribution is 5.66. The molecule has 0 fully saturated rings. The second kappa shape index (κ2) is 4.99. The van der Waals surface area contributed by atoms with Crippen LogP contribution in [0.4, 0.5) is 0 Å². The van der Waals surface area contributed by atoms with E-state index in [1.165, 1.54) is 0 Å². The zero-order valence-electron chi connectivity index (χ0n) is 6.13.